The van der Waals surface area contributed by atoms with E-state index in [9.17, 15) is 9.59 Å². The van der Waals surface area contributed by atoms with Crippen molar-refractivity contribution in [2.75, 3.05) is 12.3 Å². The molecule has 0 unspecified atom stereocenters. The fourth-order valence-corrected chi connectivity index (χ4v) is 2.55. The van der Waals surface area contributed by atoms with Crippen molar-refractivity contribution in [2.45, 2.75) is 18.2 Å². The molecule has 5 nitrogen and oxygen atoms in total. The Morgan fingerprint density at radius 2 is 2.10 bits per heavy atom. The van der Waals surface area contributed by atoms with Crippen LogP contribution >= 0.6 is 11.8 Å². The molecule has 0 radical (unpaired) electrons. The van der Waals surface area contributed by atoms with Gasteiger partial charge in [-0.25, -0.2) is 4.98 Å². The van der Waals surface area contributed by atoms with Crippen LogP contribution in [-0.2, 0) is 11.2 Å². The van der Waals surface area contributed by atoms with Crippen LogP contribution in [0.15, 0.2) is 46.1 Å². The smallest absolute Gasteiger partial charge is 0.251 e. The Hall–Kier alpha value is -2.08. The molecule has 0 bridgehead atoms. The predicted octanol–water partition coefficient (Wildman–Crippen LogP) is 1.53. The number of rotatable bonds is 6. The normalized spacial score (nSPS) is 10.3. The molecule has 0 saturated carbocycles. The van der Waals surface area contributed by atoms with Gasteiger partial charge in [0, 0.05) is 29.6 Å². The van der Waals surface area contributed by atoms with Gasteiger partial charge in [0.1, 0.15) is 5.82 Å². The van der Waals surface area contributed by atoms with Crippen LogP contribution in [0.1, 0.15) is 11.5 Å². The molecule has 0 aliphatic carbocycles. The quantitative estimate of drug-likeness (QED) is 0.794. The molecular weight excluding hydrogens is 286 g/mol. The molecule has 0 spiro atoms. The number of carbonyl (C=O) groups excluding carboxylic acids is 1. The van der Waals surface area contributed by atoms with Crippen molar-refractivity contribution in [3.8, 4) is 0 Å². The van der Waals surface area contributed by atoms with Gasteiger partial charge in [0.25, 0.3) is 5.56 Å². The summed E-state index contributed by atoms with van der Waals surface area (Å²) in [5.41, 5.74) is 0.517. The molecule has 0 fully saturated rings. The summed E-state index contributed by atoms with van der Waals surface area (Å²) in [6.45, 7) is 2.23. The zero-order valence-electron chi connectivity index (χ0n) is 11.8. The van der Waals surface area contributed by atoms with E-state index in [1.54, 1.807) is 6.92 Å². The summed E-state index contributed by atoms with van der Waals surface area (Å²) in [5, 5.41) is 2.82. The van der Waals surface area contributed by atoms with Gasteiger partial charge < -0.3 is 10.3 Å². The Morgan fingerprint density at radius 1 is 1.33 bits per heavy atom. The first-order valence-corrected chi connectivity index (χ1v) is 7.63. The highest BCUT2D eigenvalue weighted by Crippen LogP contribution is 2.16. The Morgan fingerprint density at radius 3 is 2.81 bits per heavy atom. The highest BCUT2D eigenvalue weighted by Gasteiger charge is 2.03. The molecule has 21 heavy (non-hydrogen) atoms. The molecule has 2 rings (SSSR count). The Bertz CT molecular complexity index is 655. The van der Waals surface area contributed by atoms with Crippen molar-refractivity contribution in [1.29, 1.82) is 0 Å². The maximum absolute atomic E-state index is 11.7. The van der Waals surface area contributed by atoms with Crippen LogP contribution in [0.3, 0.4) is 0 Å². The van der Waals surface area contributed by atoms with E-state index in [2.05, 4.69) is 15.3 Å². The van der Waals surface area contributed by atoms with Crippen molar-refractivity contribution >= 4 is 17.7 Å². The van der Waals surface area contributed by atoms with Gasteiger partial charge in [-0.1, -0.05) is 18.2 Å². The summed E-state index contributed by atoms with van der Waals surface area (Å²) >= 11 is 1.49. The van der Waals surface area contributed by atoms with E-state index in [0.717, 1.165) is 4.90 Å². The van der Waals surface area contributed by atoms with Crippen LogP contribution in [-0.4, -0.2) is 28.2 Å². The largest absolute Gasteiger partial charge is 0.355 e. The fraction of sp³-hybridized carbons (Fsp3) is 0.267. The second-order valence-corrected chi connectivity index (χ2v) is 5.58. The highest BCUT2D eigenvalue weighted by atomic mass is 32.2. The number of hydrogen-bond acceptors (Lipinski definition) is 4. The predicted molar refractivity (Wildman–Crippen MR) is 83.5 cm³/mol. The lowest BCUT2D eigenvalue weighted by atomic mass is 10.3. The minimum Gasteiger partial charge on any atom is -0.355 e. The van der Waals surface area contributed by atoms with Gasteiger partial charge in [-0.05, 0) is 19.1 Å². The maximum Gasteiger partial charge on any atom is 0.251 e. The van der Waals surface area contributed by atoms with Crippen LogP contribution in [0.5, 0.6) is 0 Å². The van der Waals surface area contributed by atoms with Gasteiger partial charge in [0.15, 0.2) is 0 Å². The minimum absolute atomic E-state index is 0.0288. The van der Waals surface area contributed by atoms with Crippen molar-refractivity contribution in [1.82, 2.24) is 15.3 Å². The standard InChI is InChI=1S/C15H17N3O2S/c1-11-9-14(19)18-13(17-11)7-8-16-15(20)10-21-12-5-3-2-4-6-12/h2-6,9H,7-8,10H2,1H3,(H,16,20)(H,17,18,19). The molecule has 0 aliphatic heterocycles. The molecular formula is C15H17N3O2S. The second-order valence-electron chi connectivity index (χ2n) is 4.54. The molecule has 1 aromatic carbocycles. The molecule has 0 saturated heterocycles. The third kappa shape index (κ3) is 5.43. The number of amides is 1. The van der Waals surface area contributed by atoms with E-state index in [0.29, 0.717) is 30.2 Å². The SMILES string of the molecule is Cc1cc(=O)[nH]c(CCNC(=O)CSc2ccccc2)n1. The Kier molecular flexibility index (Phi) is 5.57. The third-order valence-electron chi connectivity index (χ3n) is 2.72. The molecule has 1 heterocycles. The first-order valence-electron chi connectivity index (χ1n) is 6.65. The van der Waals surface area contributed by atoms with E-state index in [4.69, 9.17) is 0 Å². The molecule has 1 aromatic heterocycles. The van der Waals surface area contributed by atoms with Gasteiger partial charge in [0.2, 0.25) is 5.91 Å². The number of aromatic nitrogens is 2. The average Bonchev–Trinajstić information content (AvgIpc) is 2.45. The van der Waals surface area contributed by atoms with Crippen molar-refractivity contribution in [3.63, 3.8) is 0 Å². The number of aromatic amines is 1. The van der Waals surface area contributed by atoms with Crippen LogP contribution < -0.4 is 10.9 Å². The summed E-state index contributed by atoms with van der Waals surface area (Å²) in [5.74, 6) is 0.941. The van der Waals surface area contributed by atoms with E-state index in [-0.39, 0.29) is 11.5 Å². The van der Waals surface area contributed by atoms with E-state index < -0.39 is 0 Å². The van der Waals surface area contributed by atoms with Gasteiger partial charge >= 0.3 is 0 Å². The van der Waals surface area contributed by atoms with Crippen LogP contribution in [0.2, 0.25) is 0 Å². The first-order chi connectivity index (χ1) is 10.1. The topological polar surface area (TPSA) is 74.8 Å². The first kappa shape index (κ1) is 15.3. The lowest BCUT2D eigenvalue weighted by molar-refractivity contribution is -0.118. The third-order valence-corrected chi connectivity index (χ3v) is 3.73. The van der Waals surface area contributed by atoms with Gasteiger partial charge in [-0.15, -0.1) is 11.8 Å². The molecule has 110 valence electrons. The van der Waals surface area contributed by atoms with E-state index in [1.165, 1.54) is 17.8 Å². The van der Waals surface area contributed by atoms with Gasteiger partial charge in [-0.2, -0.15) is 0 Å². The fourth-order valence-electron chi connectivity index (χ4n) is 1.80. The summed E-state index contributed by atoms with van der Waals surface area (Å²) in [6, 6.07) is 11.2. The zero-order chi connectivity index (χ0) is 15.1. The van der Waals surface area contributed by atoms with Crippen LogP contribution in [0.25, 0.3) is 0 Å². The van der Waals surface area contributed by atoms with Crippen molar-refractivity contribution in [2.24, 2.45) is 0 Å². The Balaban J connectivity index is 1.73. The number of benzene rings is 1. The van der Waals surface area contributed by atoms with E-state index in [1.807, 2.05) is 30.3 Å². The number of aryl methyl sites for hydroxylation is 1. The molecule has 0 aliphatic rings. The molecule has 0 atom stereocenters. The molecule has 2 N–H and O–H groups in total. The molecule has 6 heteroatoms. The average molecular weight is 303 g/mol. The highest BCUT2D eigenvalue weighted by molar-refractivity contribution is 8.00. The van der Waals surface area contributed by atoms with Crippen LogP contribution in [0.4, 0.5) is 0 Å². The number of nitrogens with zero attached hydrogens (tertiary/aromatic N) is 1. The number of carbonyl (C=O) groups is 1. The molecule has 1 amide bonds. The number of hydrogen-bond donors (Lipinski definition) is 2. The minimum atomic E-state index is -0.163. The maximum atomic E-state index is 11.7. The summed E-state index contributed by atoms with van der Waals surface area (Å²) in [7, 11) is 0. The number of H-pyrrole nitrogens is 1. The lowest BCUT2D eigenvalue weighted by Crippen LogP contribution is -2.28. The zero-order valence-corrected chi connectivity index (χ0v) is 12.6. The number of thioether (sulfide) groups is 1. The number of nitrogens with one attached hydrogen (secondary N) is 2. The molecule has 2 aromatic rings. The monoisotopic (exact) mass is 303 g/mol. The summed E-state index contributed by atoms with van der Waals surface area (Å²) in [6.07, 6.45) is 0.513. The second kappa shape index (κ2) is 7.64. The van der Waals surface area contributed by atoms with E-state index >= 15 is 0 Å². The summed E-state index contributed by atoms with van der Waals surface area (Å²) in [4.78, 5) is 30.9. The lowest BCUT2D eigenvalue weighted by Gasteiger charge is -2.05. The van der Waals surface area contributed by atoms with Gasteiger partial charge in [0.05, 0.1) is 5.75 Å². The van der Waals surface area contributed by atoms with Crippen LogP contribution in [0, 0.1) is 6.92 Å². The van der Waals surface area contributed by atoms with Gasteiger partial charge in [-0.3, -0.25) is 9.59 Å². The summed E-state index contributed by atoms with van der Waals surface area (Å²) < 4.78 is 0. The Labute approximate surface area is 127 Å². The van der Waals surface area contributed by atoms with Crippen molar-refractivity contribution in [3.05, 3.63) is 58.3 Å². The van der Waals surface area contributed by atoms with Crippen molar-refractivity contribution < 1.29 is 4.79 Å².